The highest BCUT2D eigenvalue weighted by atomic mass is 32.2. The van der Waals surface area contributed by atoms with Crippen molar-refractivity contribution in [2.24, 2.45) is 0 Å². The molecule has 0 spiro atoms. The lowest BCUT2D eigenvalue weighted by Crippen LogP contribution is -2.33. The molecule has 12 nitrogen and oxygen atoms in total. The number of sulfonamides is 1. The molecule has 2 atom stereocenters. The molecule has 0 saturated carbocycles. The molecule has 0 bridgehead atoms. The number of hydrogen-bond acceptors (Lipinski definition) is 9. The van der Waals surface area contributed by atoms with Crippen LogP contribution in [0, 0.1) is 6.92 Å². The van der Waals surface area contributed by atoms with Crippen LogP contribution in [0.25, 0.3) is 22.9 Å². The summed E-state index contributed by atoms with van der Waals surface area (Å²) in [5.41, 5.74) is 1.54. The van der Waals surface area contributed by atoms with E-state index in [2.05, 4.69) is 19.9 Å². The smallest absolute Gasteiger partial charge is 0.243 e. The number of rotatable bonds is 10. The molecular weight excluding hydrogens is 524 g/mol. The molecule has 0 radical (unpaired) electrons. The molecule has 4 heterocycles. The molecular formula is C26H28N6O6S. The number of aryl methyl sites for hydroxylation is 1. The number of fused-ring (bicyclic) bond motifs is 1. The zero-order valence-corrected chi connectivity index (χ0v) is 22.8. The van der Waals surface area contributed by atoms with E-state index >= 15 is 0 Å². The Morgan fingerprint density at radius 3 is 2.33 bits per heavy atom. The van der Waals surface area contributed by atoms with Crippen molar-refractivity contribution in [2.75, 3.05) is 26.1 Å². The number of imidazole rings is 1. The number of para-hydroxylation sites is 1. The molecule has 39 heavy (non-hydrogen) atoms. The summed E-state index contributed by atoms with van der Waals surface area (Å²) < 4.78 is 56.0. The molecule has 0 amide bonds. The minimum Gasteiger partial charge on any atom is -0.494 e. The van der Waals surface area contributed by atoms with Crippen LogP contribution in [-0.2, 0) is 14.8 Å². The van der Waals surface area contributed by atoms with E-state index in [1.807, 2.05) is 24.4 Å². The standard InChI is InChI=1S/C26H28N6O6S/c1-16-12-13-21(38-16)25-28-29-26(32(25)23-19(35-3)9-8-10-20(23)36-4)30-39(33,34)17(2)24(37-5)18-15-31-14-7-6-11-22(31)27-18/h6-15,17,24H,1-5H3,(H,29,30)/t17-,24-/m1/s1. The Bertz CT molecular complexity index is 1670. The van der Waals surface area contributed by atoms with Crippen LogP contribution in [0.5, 0.6) is 11.5 Å². The van der Waals surface area contributed by atoms with E-state index in [1.165, 1.54) is 25.9 Å². The molecule has 0 aliphatic rings. The molecule has 4 aromatic heterocycles. The molecule has 5 aromatic rings. The van der Waals surface area contributed by atoms with Gasteiger partial charge in [-0.05, 0) is 50.2 Å². The van der Waals surface area contributed by atoms with Gasteiger partial charge in [0.2, 0.25) is 21.8 Å². The average Bonchev–Trinajstić information content (AvgIpc) is 3.66. The molecule has 204 valence electrons. The van der Waals surface area contributed by atoms with Crippen molar-refractivity contribution < 1.29 is 27.0 Å². The number of nitrogens with zero attached hydrogens (tertiary/aromatic N) is 5. The van der Waals surface area contributed by atoms with E-state index in [9.17, 15) is 8.42 Å². The van der Waals surface area contributed by atoms with Crippen molar-refractivity contribution in [3.63, 3.8) is 0 Å². The number of aromatic nitrogens is 5. The maximum atomic E-state index is 13.7. The molecule has 0 aliphatic carbocycles. The first kappa shape index (κ1) is 26.3. The number of pyridine rings is 1. The van der Waals surface area contributed by atoms with Gasteiger partial charge in [-0.3, -0.25) is 9.29 Å². The first-order valence-electron chi connectivity index (χ1n) is 12.0. The van der Waals surface area contributed by atoms with Crippen molar-refractivity contribution in [1.82, 2.24) is 24.1 Å². The number of nitrogens with one attached hydrogen (secondary N) is 1. The van der Waals surface area contributed by atoms with Crippen molar-refractivity contribution in [1.29, 1.82) is 0 Å². The molecule has 0 aliphatic heterocycles. The zero-order chi connectivity index (χ0) is 27.7. The Morgan fingerprint density at radius 1 is 0.974 bits per heavy atom. The van der Waals surface area contributed by atoms with Crippen molar-refractivity contribution >= 4 is 21.6 Å². The second-order valence-corrected chi connectivity index (χ2v) is 10.8. The Morgan fingerprint density at radius 2 is 1.72 bits per heavy atom. The van der Waals surface area contributed by atoms with Gasteiger partial charge in [0.15, 0.2) is 5.76 Å². The maximum Gasteiger partial charge on any atom is 0.243 e. The van der Waals surface area contributed by atoms with Gasteiger partial charge < -0.3 is 23.0 Å². The van der Waals surface area contributed by atoms with Crippen LogP contribution in [-0.4, -0.2) is 59.1 Å². The second-order valence-electron chi connectivity index (χ2n) is 8.74. The van der Waals surface area contributed by atoms with Crippen LogP contribution in [0.4, 0.5) is 5.95 Å². The maximum absolute atomic E-state index is 13.7. The minimum atomic E-state index is -4.10. The molecule has 13 heteroatoms. The summed E-state index contributed by atoms with van der Waals surface area (Å²) in [5.74, 6) is 2.01. The van der Waals surface area contributed by atoms with E-state index in [-0.39, 0.29) is 11.8 Å². The first-order valence-corrected chi connectivity index (χ1v) is 13.5. The number of ether oxygens (including phenoxy) is 3. The van der Waals surface area contributed by atoms with E-state index < -0.39 is 21.4 Å². The van der Waals surface area contributed by atoms with Crippen LogP contribution in [0.2, 0.25) is 0 Å². The van der Waals surface area contributed by atoms with Gasteiger partial charge in [-0.25, -0.2) is 13.4 Å². The third-order valence-corrected chi connectivity index (χ3v) is 8.02. The van der Waals surface area contributed by atoms with Crippen molar-refractivity contribution in [3.8, 4) is 28.8 Å². The zero-order valence-electron chi connectivity index (χ0n) is 22.0. The number of furan rings is 1. The summed E-state index contributed by atoms with van der Waals surface area (Å²) in [6.45, 7) is 3.34. The van der Waals surface area contributed by atoms with Gasteiger partial charge in [-0.15, -0.1) is 10.2 Å². The van der Waals surface area contributed by atoms with Crippen LogP contribution in [0.3, 0.4) is 0 Å². The van der Waals surface area contributed by atoms with Crippen molar-refractivity contribution in [3.05, 3.63) is 72.4 Å². The Hall–Kier alpha value is -4.36. The quantitative estimate of drug-likeness (QED) is 0.272. The third kappa shape index (κ3) is 4.81. The van der Waals surface area contributed by atoms with Gasteiger partial charge in [-0.1, -0.05) is 12.1 Å². The summed E-state index contributed by atoms with van der Waals surface area (Å²) in [6, 6.07) is 14.2. The first-order chi connectivity index (χ1) is 18.8. The molecule has 0 saturated heterocycles. The lowest BCUT2D eigenvalue weighted by Gasteiger charge is -2.22. The highest BCUT2D eigenvalue weighted by molar-refractivity contribution is 7.93. The fourth-order valence-corrected chi connectivity index (χ4v) is 5.50. The Balaban J connectivity index is 1.59. The monoisotopic (exact) mass is 552 g/mol. The number of benzene rings is 1. The summed E-state index contributed by atoms with van der Waals surface area (Å²) >= 11 is 0. The number of hydrogen-bond donors (Lipinski definition) is 1. The van der Waals surface area contributed by atoms with Crippen molar-refractivity contribution in [2.45, 2.75) is 25.2 Å². The van der Waals surface area contributed by atoms with Gasteiger partial charge >= 0.3 is 0 Å². The van der Waals surface area contributed by atoms with E-state index in [1.54, 1.807) is 54.8 Å². The minimum absolute atomic E-state index is 0.0847. The van der Waals surface area contributed by atoms with Gasteiger partial charge in [0.25, 0.3) is 0 Å². The molecule has 0 unspecified atom stereocenters. The van der Waals surface area contributed by atoms with E-state index in [4.69, 9.17) is 18.6 Å². The van der Waals surface area contributed by atoms with Crippen LogP contribution < -0.4 is 14.2 Å². The summed E-state index contributed by atoms with van der Waals surface area (Å²) in [4.78, 5) is 4.55. The third-order valence-electron chi connectivity index (χ3n) is 6.33. The Kier molecular flexibility index (Phi) is 7.02. The molecule has 1 aromatic carbocycles. The summed E-state index contributed by atoms with van der Waals surface area (Å²) in [5, 5.41) is 7.37. The SMILES string of the molecule is COc1cccc(OC)c1-n1c(NS(=O)(=O)[C@H](C)[C@@H](OC)c2cn3ccccc3n2)nnc1-c1ccc(C)o1. The normalized spacial score (nSPS) is 13.4. The van der Waals surface area contributed by atoms with Gasteiger partial charge in [0, 0.05) is 19.5 Å². The lowest BCUT2D eigenvalue weighted by molar-refractivity contribution is 0.0993. The van der Waals surface area contributed by atoms with E-state index in [0.29, 0.717) is 40.0 Å². The molecule has 5 rings (SSSR count). The van der Waals surface area contributed by atoms with Gasteiger partial charge in [0.1, 0.15) is 39.9 Å². The van der Waals surface area contributed by atoms with Crippen LogP contribution >= 0.6 is 0 Å². The summed E-state index contributed by atoms with van der Waals surface area (Å²) in [7, 11) is 0.348. The van der Waals surface area contributed by atoms with Gasteiger partial charge in [-0.2, -0.15) is 0 Å². The van der Waals surface area contributed by atoms with E-state index in [0.717, 1.165) is 0 Å². The topological polar surface area (TPSA) is 135 Å². The fraction of sp³-hybridized carbons (Fsp3) is 0.269. The highest BCUT2D eigenvalue weighted by Gasteiger charge is 2.35. The number of methoxy groups -OCH3 is 3. The molecule has 0 fully saturated rings. The largest absolute Gasteiger partial charge is 0.494 e. The van der Waals surface area contributed by atoms with Crippen LogP contribution in [0.1, 0.15) is 24.5 Å². The summed E-state index contributed by atoms with van der Waals surface area (Å²) in [6.07, 6.45) is 2.71. The Labute approximate surface area is 225 Å². The lowest BCUT2D eigenvalue weighted by atomic mass is 10.2. The predicted octanol–water partition coefficient (Wildman–Crippen LogP) is 4.02. The van der Waals surface area contributed by atoms with Gasteiger partial charge in [0.05, 0.1) is 19.9 Å². The fourth-order valence-electron chi connectivity index (χ4n) is 4.36. The highest BCUT2D eigenvalue weighted by Crippen LogP contribution is 2.38. The molecule has 1 N–H and O–H groups in total. The number of anilines is 1. The average molecular weight is 553 g/mol. The van der Waals surface area contributed by atoms with Crippen LogP contribution in [0.15, 0.2) is 65.3 Å². The second kappa shape index (κ2) is 10.4. The predicted molar refractivity (Wildman–Crippen MR) is 144 cm³/mol.